The van der Waals surface area contributed by atoms with Crippen LogP contribution in [0.2, 0.25) is 0 Å². The molecule has 4 aromatic rings. The number of carbonyl (C=O) groups excluding carboxylic acids is 1. The number of carbonyl (C=O) groups is 1. The maximum Gasteiger partial charge on any atom is 0.240 e. The maximum absolute atomic E-state index is 13.4. The van der Waals surface area contributed by atoms with Crippen LogP contribution in [0.1, 0.15) is 17.2 Å². The number of aromatic nitrogens is 1. The molecule has 0 unspecified atom stereocenters. The minimum Gasteiger partial charge on any atom is -0.379 e. The van der Waals surface area contributed by atoms with Crippen molar-refractivity contribution in [3.8, 4) is 0 Å². The molecule has 6 nitrogen and oxygen atoms in total. The highest BCUT2D eigenvalue weighted by Crippen LogP contribution is 2.20. The van der Waals surface area contributed by atoms with Crippen LogP contribution in [0.15, 0.2) is 77.6 Å². The predicted octanol–water partition coefficient (Wildman–Crippen LogP) is 3.65. The average molecular weight is 456 g/mol. The van der Waals surface area contributed by atoms with E-state index in [0.29, 0.717) is 24.0 Å². The lowest BCUT2D eigenvalue weighted by atomic mass is 10.0. The van der Waals surface area contributed by atoms with Gasteiger partial charge in [-0.1, -0.05) is 54.1 Å². The third-order valence-corrected chi connectivity index (χ3v) is 6.54. The van der Waals surface area contributed by atoms with Crippen LogP contribution in [0.4, 0.5) is 0 Å². The molecule has 1 amide bonds. The number of morpholine rings is 1. The topological polar surface area (TPSA) is 63.6 Å². The number of nitrogens with zero attached hydrogens (tertiary/aromatic N) is 2. The number of benzene rings is 3. The van der Waals surface area contributed by atoms with Crippen LogP contribution in [0.3, 0.4) is 0 Å². The predicted molar refractivity (Wildman–Crippen MR) is 135 cm³/mol. The second-order valence-electron chi connectivity index (χ2n) is 8.89. The van der Waals surface area contributed by atoms with E-state index in [-0.39, 0.29) is 23.9 Å². The van der Waals surface area contributed by atoms with Crippen LogP contribution in [0, 0.1) is 6.92 Å². The summed E-state index contributed by atoms with van der Waals surface area (Å²) in [6, 6.07) is 23.2. The third kappa shape index (κ3) is 4.60. The van der Waals surface area contributed by atoms with Gasteiger partial charge in [0.05, 0.1) is 30.3 Å². The summed E-state index contributed by atoms with van der Waals surface area (Å²) in [6.45, 7) is 6.05. The number of hydrogen-bond acceptors (Lipinski definition) is 4. The molecule has 2 heterocycles. The molecule has 1 fully saturated rings. The Hall–Kier alpha value is -3.48. The fourth-order valence-corrected chi connectivity index (χ4v) is 4.71. The first kappa shape index (κ1) is 22.3. The molecule has 1 aromatic heterocycles. The second-order valence-corrected chi connectivity index (χ2v) is 8.89. The minimum absolute atomic E-state index is 0.00675. The van der Waals surface area contributed by atoms with Crippen molar-refractivity contribution in [1.82, 2.24) is 14.8 Å². The van der Waals surface area contributed by atoms with Crippen molar-refractivity contribution in [1.29, 1.82) is 0 Å². The van der Waals surface area contributed by atoms with Gasteiger partial charge in [-0.2, -0.15) is 0 Å². The molecule has 174 valence electrons. The van der Waals surface area contributed by atoms with Crippen LogP contribution in [0.5, 0.6) is 0 Å². The SMILES string of the molecule is Cc1ccc([C@@H](CN2CCOCC2)NC(=O)Cn2c3ccccc3c(=O)c3ccccc32)cc1. The van der Waals surface area contributed by atoms with Gasteiger partial charge in [0.25, 0.3) is 0 Å². The van der Waals surface area contributed by atoms with Crippen molar-refractivity contribution < 1.29 is 9.53 Å². The van der Waals surface area contributed by atoms with Gasteiger partial charge in [0.15, 0.2) is 5.43 Å². The molecule has 3 aromatic carbocycles. The number of aryl methyl sites for hydroxylation is 1. The van der Waals surface area contributed by atoms with E-state index >= 15 is 0 Å². The van der Waals surface area contributed by atoms with E-state index in [0.717, 1.165) is 36.2 Å². The van der Waals surface area contributed by atoms with Gasteiger partial charge >= 0.3 is 0 Å². The van der Waals surface area contributed by atoms with E-state index in [1.165, 1.54) is 5.56 Å². The smallest absolute Gasteiger partial charge is 0.240 e. The zero-order valence-electron chi connectivity index (χ0n) is 19.4. The Bertz CT molecular complexity index is 1310. The lowest BCUT2D eigenvalue weighted by Crippen LogP contribution is -2.43. The standard InChI is InChI=1S/C28H29N3O3/c1-20-10-12-21(13-11-20)24(18-30-14-16-34-17-15-30)29-27(32)19-31-25-8-4-2-6-22(25)28(33)23-7-3-5-9-26(23)31/h2-13,24H,14-19H2,1H3,(H,29,32)/t24-/m1/s1. The van der Waals surface area contributed by atoms with Gasteiger partial charge < -0.3 is 14.6 Å². The summed E-state index contributed by atoms with van der Waals surface area (Å²) in [4.78, 5) is 28.8. The highest BCUT2D eigenvalue weighted by atomic mass is 16.5. The summed E-state index contributed by atoms with van der Waals surface area (Å²) in [5.41, 5.74) is 3.79. The average Bonchev–Trinajstić information content (AvgIpc) is 2.87. The van der Waals surface area contributed by atoms with Gasteiger partial charge in [-0.3, -0.25) is 14.5 Å². The largest absolute Gasteiger partial charge is 0.379 e. The molecule has 1 N–H and O–H groups in total. The van der Waals surface area contributed by atoms with Crippen LogP contribution in [0.25, 0.3) is 21.8 Å². The molecule has 5 rings (SSSR count). The van der Waals surface area contributed by atoms with Crippen molar-refractivity contribution in [2.24, 2.45) is 0 Å². The Morgan fingerprint density at radius 2 is 1.50 bits per heavy atom. The number of pyridine rings is 1. The number of nitrogens with one attached hydrogen (secondary N) is 1. The summed E-state index contributed by atoms with van der Waals surface area (Å²) in [5.74, 6) is -0.0854. The maximum atomic E-state index is 13.4. The molecule has 0 spiro atoms. The molecule has 1 aliphatic heterocycles. The highest BCUT2D eigenvalue weighted by Gasteiger charge is 2.21. The van der Waals surface area contributed by atoms with Crippen LogP contribution in [-0.2, 0) is 16.1 Å². The van der Waals surface area contributed by atoms with Gasteiger partial charge in [0, 0.05) is 30.4 Å². The van der Waals surface area contributed by atoms with Gasteiger partial charge in [-0.25, -0.2) is 0 Å². The summed E-state index contributed by atoms with van der Waals surface area (Å²) in [6.07, 6.45) is 0. The fourth-order valence-electron chi connectivity index (χ4n) is 4.71. The van der Waals surface area contributed by atoms with E-state index in [4.69, 9.17) is 4.74 Å². The number of ether oxygens (including phenoxy) is 1. The first-order valence-corrected chi connectivity index (χ1v) is 11.8. The van der Waals surface area contributed by atoms with Crippen molar-refractivity contribution in [2.45, 2.75) is 19.5 Å². The zero-order chi connectivity index (χ0) is 23.5. The van der Waals surface area contributed by atoms with Gasteiger partial charge in [0.1, 0.15) is 6.54 Å². The Morgan fingerprint density at radius 3 is 2.12 bits per heavy atom. The lowest BCUT2D eigenvalue weighted by molar-refractivity contribution is -0.122. The Labute approximate surface area is 198 Å². The first-order valence-electron chi connectivity index (χ1n) is 11.8. The summed E-state index contributed by atoms with van der Waals surface area (Å²) < 4.78 is 7.44. The van der Waals surface area contributed by atoms with Crippen LogP contribution in [-0.4, -0.2) is 48.2 Å². The lowest BCUT2D eigenvalue weighted by Gasteiger charge is -2.31. The van der Waals surface area contributed by atoms with Crippen molar-refractivity contribution in [3.05, 3.63) is 94.1 Å². The van der Waals surface area contributed by atoms with Crippen LogP contribution < -0.4 is 10.7 Å². The molecule has 34 heavy (non-hydrogen) atoms. The molecule has 1 saturated heterocycles. The third-order valence-electron chi connectivity index (χ3n) is 6.54. The van der Waals surface area contributed by atoms with E-state index in [9.17, 15) is 9.59 Å². The molecule has 6 heteroatoms. The summed E-state index contributed by atoms with van der Waals surface area (Å²) >= 11 is 0. The minimum atomic E-state index is -0.136. The highest BCUT2D eigenvalue weighted by molar-refractivity contribution is 5.94. The number of rotatable bonds is 6. The van der Waals surface area contributed by atoms with Crippen molar-refractivity contribution >= 4 is 27.7 Å². The molecule has 0 radical (unpaired) electrons. The molecule has 0 bridgehead atoms. The molecular formula is C28H29N3O3. The van der Waals surface area contributed by atoms with Gasteiger partial charge in [-0.15, -0.1) is 0 Å². The van der Waals surface area contributed by atoms with Gasteiger partial charge in [-0.05, 0) is 36.8 Å². The first-order chi connectivity index (χ1) is 16.6. The Morgan fingerprint density at radius 1 is 0.912 bits per heavy atom. The summed E-state index contributed by atoms with van der Waals surface area (Å²) in [7, 11) is 0. The monoisotopic (exact) mass is 455 g/mol. The fraction of sp³-hybridized carbons (Fsp3) is 0.286. The van der Waals surface area contributed by atoms with Crippen molar-refractivity contribution in [2.75, 3.05) is 32.8 Å². The zero-order valence-corrected chi connectivity index (χ0v) is 19.4. The normalized spacial score (nSPS) is 15.4. The molecular weight excluding hydrogens is 426 g/mol. The quantitative estimate of drug-likeness (QED) is 0.451. The van der Waals surface area contributed by atoms with E-state index in [1.54, 1.807) is 0 Å². The number of fused-ring (bicyclic) bond motifs is 2. The van der Waals surface area contributed by atoms with E-state index < -0.39 is 0 Å². The van der Waals surface area contributed by atoms with E-state index in [2.05, 4.69) is 41.4 Å². The number of para-hydroxylation sites is 2. The summed E-state index contributed by atoms with van der Waals surface area (Å²) in [5, 5.41) is 4.52. The Kier molecular flexibility index (Phi) is 6.43. The van der Waals surface area contributed by atoms with Crippen molar-refractivity contribution in [3.63, 3.8) is 0 Å². The number of hydrogen-bond donors (Lipinski definition) is 1. The number of amides is 1. The van der Waals surface area contributed by atoms with Crippen LogP contribution >= 0.6 is 0 Å². The second kappa shape index (κ2) is 9.79. The molecule has 1 aliphatic rings. The molecule has 0 aliphatic carbocycles. The molecule has 1 atom stereocenters. The Balaban J connectivity index is 1.46. The molecule has 0 saturated carbocycles. The van der Waals surface area contributed by atoms with E-state index in [1.807, 2.05) is 53.1 Å². The van der Waals surface area contributed by atoms with Gasteiger partial charge in [0.2, 0.25) is 5.91 Å².